The van der Waals surface area contributed by atoms with E-state index >= 15 is 0 Å². The highest BCUT2D eigenvalue weighted by Crippen LogP contribution is 2.09. The average molecular weight is 256 g/mol. The largest absolute Gasteiger partial charge is 0.352 e. The molecule has 3 N–H and O–H groups in total. The zero-order chi connectivity index (χ0) is 13.4. The number of rotatable bonds is 7. The molecule has 0 radical (unpaired) electrons. The summed E-state index contributed by atoms with van der Waals surface area (Å²) in [7, 11) is 0. The highest BCUT2D eigenvalue weighted by molar-refractivity contribution is 5.94. The van der Waals surface area contributed by atoms with Gasteiger partial charge in [-0.15, -0.1) is 0 Å². The van der Waals surface area contributed by atoms with Crippen LogP contribution >= 0.6 is 0 Å². The molecule has 1 rings (SSSR count). The van der Waals surface area contributed by atoms with Crippen LogP contribution in [0.4, 0.5) is 8.78 Å². The van der Waals surface area contributed by atoms with Gasteiger partial charge in [0.15, 0.2) is 0 Å². The number of halogens is 2. The fourth-order valence-electron chi connectivity index (χ4n) is 1.59. The number of carbonyl (C=O) groups excluding carboxylic acids is 1. The Morgan fingerprint density at radius 2 is 1.89 bits per heavy atom. The van der Waals surface area contributed by atoms with E-state index in [2.05, 4.69) is 5.32 Å². The van der Waals surface area contributed by atoms with Crippen molar-refractivity contribution in [3.63, 3.8) is 0 Å². The lowest BCUT2D eigenvalue weighted by molar-refractivity contribution is 0.0948. The van der Waals surface area contributed by atoms with Crippen LogP contribution in [0, 0.1) is 11.6 Å². The molecule has 0 saturated carbocycles. The van der Waals surface area contributed by atoms with E-state index in [1.807, 2.05) is 0 Å². The highest BCUT2D eigenvalue weighted by Gasteiger charge is 2.11. The van der Waals surface area contributed by atoms with Crippen LogP contribution < -0.4 is 11.1 Å². The number of carbonyl (C=O) groups is 1. The Morgan fingerprint density at radius 3 is 2.61 bits per heavy atom. The van der Waals surface area contributed by atoms with E-state index in [1.54, 1.807) is 0 Å². The molecule has 0 spiro atoms. The van der Waals surface area contributed by atoms with Crippen molar-refractivity contribution in [2.45, 2.75) is 25.7 Å². The van der Waals surface area contributed by atoms with Gasteiger partial charge in [-0.2, -0.15) is 0 Å². The number of hydrogen-bond acceptors (Lipinski definition) is 2. The molecule has 1 aromatic carbocycles. The van der Waals surface area contributed by atoms with Crippen molar-refractivity contribution in [2.24, 2.45) is 5.73 Å². The third kappa shape index (κ3) is 4.79. The number of nitrogens with two attached hydrogens (primary N) is 1. The van der Waals surface area contributed by atoms with Crippen LogP contribution in [0.5, 0.6) is 0 Å². The smallest absolute Gasteiger partial charge is 0.254 e. The molecule has 0 aliphatic rings. The summed E-state index contributed by atoms with van der Waals surface area (Å²) in [5.41, 5.74) is 5.10. The number of hydrogen-bond donors (Lipinski definition) is 2. The van der Waals surface area contributed by atoms with Crippen molar-refractivity contribution in [3.8, 4) is 0 Å². The van der Waals surface area contributed by atoms with Crippen molar-refractivity contribution in [2.75, 3.05) is 13.1 Å². The van der Waals surface area contributed by atoms with Gasteiger partial charge >= 0.3 is 0 Å². The maximum Gasteiger partial charge on any atom is 0.254 e. The summed E-state index contributed by atoms with van der Waals surface area (Å²) in [5, 5.41) is 2.57. The molecule has 0 unspecified atom stereocenters. The van der Waals surface area contributed by atoms with Gasteiger partial charge in [-0.25, -0.2) is 8.78 Å². The summed E-state index contributed by atoms with van der Waals surface area (Å²) in [6.07, 6.45) is 3.75. The minimum absolute atomic E-state index is 0.253. The van der Waals surface area contributed by atoms with E-state index in [1.165, 1.54) is 0 Å². The lowest BCUT2D eigenvalue weighted by Crippen LogP contribution is -2.25. The third-order valence-corrected chi connectivity index (χ3v) is 2.59. The number of amides is 1. The van der Waals surface area contributed by atoms with Crippen molar-refractivity contribution in [3.05, 3.63) is 35.4 Å². The molecule has 0 aromatic heterocycles. The van der Waals surface area contributed by atoms with Gasteiger partial charge in [0.25, 0.3) is 5.91 Å². The first-order valence-corrected chi connectivity index (χ1v) is 6.08. The molecule has 0 bridgehead atoms. The van der Waals surface area contributed by atoms with Crippen LogP contribution in [-0.2, 0) is 0 Å². The predicted molar refractivity (Wildman–Crippen MR) is 66.2 cm³/mol. The molecule has 18 heavy (non-hydrogen) atoms. The number of benzene rings is 1. The summed E-state index contributed by atoms with van der Waals surface area (Å²) >= 11 is 0. The number of unbranched alkanes of at least 4 members (excludes halogenated alkanes) is 3. The molecule has 0 atom stereocenters. The number of nitrogens with one attached hydrogen (secondary N) is 1. The molecule has 0 heterocycles. The second-order valence-corrected chi connectivity index (χ2v) is 4.08. The van der Waals surface area contributed by atoms with Crippen LogP contribution in [0.1, 0.15) is 36.0 Å². The van der Waals surface area contributed by atoms with E-state index in [-0.39, 0.29) is 5.56 Å². The molecule has 0 aliphatic heterocycles. The SMILES string of the molecule is NCCCCCCNC(=O)c1cc(F)ccc1F. The Hall–Kier alpha value is -1.49. The highest BCUT2D eigenvalue weighted by atomic mass is 19.1. The summed E-state index contributed by atoms with van der Waals surface area (Å²) in [5.74, 6) is -1.91. The molecule has 5 heteroatoms. The predicted octanol–water partition coefficient (Wildman–Crippen LogP) is 2.21. The summed E-state index contributed by atoms with van der Waals surface area (Å²) in [6, 6.07) is 2.84. The normalized spacial score (nSPS) is 10.4. The van der Waals surface area contributed by atoms with Gasteiger partial charge in [0.05, 0.1) is 5.56 Å². The van der Waals surface area contributed by atoms with Crippen molar-refractivity contribution in [1.82, 2.24) is 5.32 Å². The van der Waals surface area contributed by atoms with E-state index < -0.39 is 17.5 Å². The molecule has 0 saturated heterocycles. The lowest BCUT2D eigenvalue weighted by atomic mass is 10.1. The first-order valence-electron chi connectivity index (χ1n) is 6.08. The molecule has 100 valence electrons. The average Bonchev–Trinajstić information content (AvgIpc) is 2.36. The molecular weight excluding hydrogens is 238 g/mol. The topological polar surface area (TPSA) is 55.1 Å². The minimum atomic E-state index is -0.711. The maximum atomic E-state index is 13.3. The summed E-state index contributed by atoms with van der Waals surface area (Å²) < 4.78 is 26.1. The summed E-state index contributed by atoms with van der Waals surface area (Å²) in [6.45, 7) is 1.13. The van der Waals surface area contributed by atoms with Crippen molar-refractivity contribution >= 4 is 5.91 Å². The first-order chi connectivity index (χ1) is 8.65. The maximum absolute atomic E-state index is 13.3. The fourth-order valence-corrected chi connectivity index (χ4v) is 1.59. The van der Waals surface area contributed by atoms with Crippen LogP contribution in [0.3, 0.4) is 0 Å². The van der Waals surface area contributed by atoms with E-state index in [9.17, 15) is 13.6 Å². The van der Waals surface area contributed by atoms with E-state index in [4.69, 9.17) is 5.73 Å². The second kappa shape index (κ2) is 7.76. The Labute approximate surface area is 105 Å². The second-order valence-electron chi connectivity index (χ2n) is 4.08. The van der Waals surface area contributed by atoms with Gasteiger partial charge in [-0.1, -0.05) is 12.8 Å². The Kier molecular flexibility index (Phi) is 6.28. The molecule has 0 fully saturated rings. The zero-order valence-electron chi connectivity index (χ0n) is 10.2. The van der Waals surface area contributed by atoms with E-state index in [0.29, 0.717) is 13.1 Å². The Balaban J connectivity index is 2.34. The Bertz CT molecular complexity index is 397. The lowest BCUT2D eigenvalue weighted by Gasteiger charge is -2.06. The van der Waals surface area contributed by atoms with Crippen LogP contribution in [0.2, 0.25) is 0 Å². The molecular formula is C13H18F2N2O. The van der Waals surface area contributed by atoms with Crippen LogP contribution in [0.15, 0.2) is 18.2 Å². The quantitative estimate of drug-likeness (QED) is 0.735. The van der Waals surface area contributed by atoms with Crippen LogP contribution in [-0.4, -0.2) is 19.0 Å². The first kappa shape index (κ1) is 14.6. The molecule has 3 nitrogen and oxygen atoms in total. The van der Waals surface area contributed by atoms with Gasteiger partial charge in [0.1, 0.15) is 11.6 Å². The molecule has 0 aliphatic carbocycles. The Morgan fingerprint density at radius 1 is 1.17 bits per heavy atom. The van der Waals surface area contributed by atoms with Crippen LogP contribution in [0.25, 0.3) is 0 Å². The van der Waals surface area contributed by atoms with Gasteiger partial charge in [0.2, 0.25) is 0 Å². The zero-order valence-corrected chi connectivity index (χ0v) is 10.2. The van der Waals surface area contributed by atoms with E-state index in [0.717, 1.165) is 43.9 Å². The van der Waals surface area contributed by atoms with Gasteiger partial charge in [-0.3, -0.25) is 4.79 Å². The van der Waals surface area contributed by atoms with Gasteiger partial charge in [-0.05, 0) is 37.6 Å². The van der Waals surface area contributed by atoms with Gasteiger partial charge < -0.3 is 11.1 Å². The monoisotopic (exact) mass is 256 g/mol. The minimum Gasteiger partial charge on any atom is -0.352 e. The molecule has 1 aromatic rings. The third-order valence-electron chi connectivity index (χ3n) is 2.59. The fraction of sp³-hybridized carbons (Fsp3) is 0.462. The molecule has 1 amide bonds. The van der Waals surface area contributed by atoms with Crippen molar-refractivity contribution in [1.29, 1.82) is 0 Å². The van der Waals surface area contributed by atoms with Crippen molar-refractivity contribution < 1.29 is 13.6 Å². The standard InChI is InChI=1S/C13H18F2N2O/c14-10-5-6-12(15)11(9-10)13(18)17-8-4-2-1-3-7-16/h5-6,9H,1-4,7-8,16H2,(H,17,18). The van der Waals surface area contributed by atoms with Gasteiger partial charge in [0, 0.05) is 6.54 Å². The summed E-state index contributed by atoms with van der Waals surface area (Å²) in [4.78, 5) is 11.6.